The highest BCUT2D eigenvalue weighted by atomic mass is 79.9. The molecule has 0 spiro atoms. The Hall–Kier alpha value is -1.32. The Kier molecular flexibility index (Phi) is 6.27. The lowest BCUT2D eigenvalue weighted by atomic mass is 10.1. The Balaban J connectivity index is 1.94. The number of hydrogen-bond acceptors (Lipinski definition) is 2. The quantitative estimate of drug-likeness (QED) is 0.778. The maximum atomic E-state index is 5.87. The van der Waals surface area contributed by atoms with Crippen molar-refractivity contribution in [3.05, 3.63) is 64.1 Å². The van der Waals surface area contributed by atoms with Crippen LogP contribution in [0.1, 0.15) is 25.0 Å². The predicted molar refractivity (Wildman–Crippen MR) is 91.5 cm³/mol. The lowest BCUT2D eigenvalue weighted by molar-refractivity contribution is 0.304. The van der Waals surface area contributed by atoms with Crippen LogP contribution < -0.4 is 10.1 Å². The van der Waals surface area contributed by atoms with Crippen LogP contribution in [0.5, 0.6) is 5.75 Å². The first kappa shape index (κ1) is 16.1. The molecule has 0 atom stereocenters. The summed E-state index contributed by atoms with van der Waals surface area (Å²) in [5.41, 5.74) is 2.53. The fourth-order valence-electron chi connectivity index (χ4n) is 2.06. The van der Waals surface area contributed by atoms with E-state index in [9.17, 15) is 0 Å². The molecule has 0 saturated heterocycles. The highest BCUT2D eigenvalue weighted by molar-refractivity contribution is 9.10. The fourth-order valence-corrected chi connectivity index (χ4v) is 2.32. The van der Waals surface area contributed by atoms with Crippen molar-refractivity contribution in [3.8, 4) is 5.75 Å². The first-order chi connectivity index (χ1) is 10.1. The fraction of sp³-hybridized carbons (Fsp3) is 0.333. The monoisotopic (exact) mass is 347 g/mol. The summed E-state index contributed by atoms with van der Waals surface area (Å²) in [6, 6.07) is 16.4. The zero-order chi connectivity index (χ0) is 15.1. The molecule has 0 aromatic heterocycles. The van der Waals surface area contributed by atoms with Crippen LogP contribution in [0.2, 0.25) is 0 Å². The normalized spacial score (nSPS) is 10.9. The average molecular weight is 348 g/mol. The third-order valence-corrected chi connectivity index (χ3v) is 3.72. The number of hydrogen-bond donors (Lipinski definition) is 1. The van der Waals surface area contributed by atoms with Gasteiger partial charge in [0.2, 0.25) is 0 Å². The Morgan fingerprint density at radius 2 is 1.67 bits per heavy atom. The van der Waals surface area contributed by atoms with Gasteiger partial charge in [0.25, 0.3) is 0 Å². The topological polar surface area (TPSA) is 21.3 Å². The Bertz CT molecular complexity index is 551. The van der Waals surface area contributed by atoms with E-state index < -0.39 is 0 Å². The van der Waals surface area contributed by atoms with E-state index >= 15 is 0 Å². The van der Waals surface area contributed by atoms with E-state index in [4.69, 9.17) is 4.74 Å². The molecule has 21 heavy (non-hydrogen) atoms. The van der Waals surface area contributed by atoms with E-state index in [1.807, 2.05) is 24.3 Å². The number of ether oxygens (including phenoxy) is 1. The Labute approximate surface area is 135 Å². The van der Waals surface area contributed by atoms with Gasteiger partial charge in [-0.1, -0.05) is 54.0 Å². The molecular formula is C18H22BrNO. The zero-order valence-corrected chi connectivity index (χ0v) is 14.2. The van der Waals surface area contributed by atoms with Crippen LogP contribution in [0.15, 0.2) is 53.0 Å². The summed E-state index contributed by atoms with van der Waals surface area (Å²) >= 11 is 3.43. The van der Waals surface area contributed by atoms with Gasteiger partial charge in [0.15, 0.2) is 0 Å². The van der Waals surface area contributed by atoms with Gasteiger partial charge in [-0.2, -0.15) is 0 Å². The summed E-state index contributed by atoms with van der Waals surface area (Å²) in [5.74, 6) is 1.55. The third-order valence-electron chi connectivity index (χ3n) is 3.19. The number of rotatable bonds is 7. The molecule has 2 rings (SSSR count). The van der Waals surface area contributed by atoms with Crippen molar-refractivity contribution < 1.29 is 4.74 Å². The number of nitrogens with one attached hydrogen (secondary N) is 1. The predicted octanol–water partition coefficient (Wildman–Crippen LogP) is 4.77. The summed E-state index contributed by atoms with van der Waals surface area (Å²) in [7, 11) is 0. The molecule has 112 valence electrons. The van der Waals surface area contributed by atoms with Gasteiger partial charge in [0.1, 0.15) is 12.4 Å². The highest BCUT2D eigenvalue weighted by Crippen LogP contribution is 2.18. The molecule has 0 unspecified atom stereocenters. The molecule has 0 fully saturated rings. The second kappa shape index (κ2) is 8.20. The Morgan fingerprint density at radius 1 is 1.00 bits per heavy atom. The maximum absolute atomic E-state index is 5.87. The van der Waals surface area contributed by atoms with E-state index in [0.29, 0.717) is 12.5 Å². The van der Waals surface area contributed by atoms with E-state index in [1.165, 1.54) is 11.1 Å². The average Bonchev–Trinajstić information content (AvgIpc) is 2.47. The van der Waals surface area contributed by atoms with Crippen LogP contribution in [0.4, 0.5) is 0 Å². The van der Waals surface area contributed by atoms with E-state index in [-0.39, 0.29) is 0 Å². The number of benzene rings is 2. The lowest BCUT2D eigenvalue weighted by Gasteiger charge is -2.13. The molecule has 0 aliphatic rings. The summed E-state index contributed by atoms with van der Waals surface area (Å²) in [6.07, 6.45) is 0. The molecule has 0 saturated carbocycles. The first-order valence-electron chi connectivity index (χ1n) is 7.31. The van der Waals surface area contributed by atoms with Gasteiger partial charge in [-0.3, -0.25) is 0 Å². The molecule has 0 amide bonds. The van der Waals surface area contributed by atoms with Crippen LogP contribution in [0.3, 0.4) is 0 Å². The van der Waals surface area contributed by atoms with Gasteiger partial charge in [-0.15, -0.1) is 0 Å². The van der Waals surface area contributed by atoms with Gasteiger partial charge < -0.3 is 10.1 Å². The molecule has 0 heterocycles. The first-order valence-corrected chi connectivity index (χ1v) is 8.10. The van der Waals surface area contributed by atoms with Crippen LogP contribution >= 0.6 is 15.9 Å². The third kappa shape index (κ3) is 5.52. The van der Waals surface area contributed by atoms with Crippen LogP contribution in [0, 0.1) is 5.92 Å². The highest BCUT2D eigenvalue weighted by Gasteiger charge is 2.03. The summed E-state index contributed by atoms with van der Waals surface area (Å²) in [5, 5.41) is 3.49. The van der Waals surface area contributed by atoms with Crippen molar-refractivity contribution in [2.75, 3.05) is 6.54 Å². The van der Waals surface area contributed by atoms with Gasteiger partial charge >= 0.3 is 0 Å². The van der Waals surface area contributed by atoms with Gasteiger partial charge in [-0.25, -0.2) is 0 Å². The van der Waals surface area contributed by atoms with Crippen molar-refractivity contribution in [1.29, 1.82) is 0 Å². The van der Waals surface area contributed by atoms with Gasteiger partial charge in [0, 0.05) is 11.0 Å². The largest absolute Gasteiger partial charge is 0.489 e. The molecule has 0 aliphatic carbocycles. The number of halogens is 1. The second-order valence-electron chi connectivity index (χ2n) is 5.54. The van der Waals surface area contributed by atoms with Crippen molar-refractivity contribution in [2.45, 2.75) is 27.0 Å². The SMILES string of the molecule is CC(C)CNCc1ccccc1COc1ccc(Br)cc1. The molecule has 1 N–H and O–H groups in total. The second-order valence-corrected chi connectivity index (χ2v) is 6.45. The minimum absolute atomic E-state index is 0.598. The molecule has 0 radical (unpaired) electrons. The molecule has 2 aromatic carbocycles. The standard InChI is InChI=1S/C18H22BrNO/c1-14(2)11-20-12-15-5-3-4-6-16(15)13-21-18-9-7-17(19)8-10-18/h3-10,14,20H,11-13H2,1-2H3. The maximum Gasteiger partial charge on any atom is 0.119 e. The minimum Gasteiger partial charge on any atom is -0.489 e. The van der Waals surface area contributed by atoms with Crippen molar-refractivity contribution >= 4 is 15.9 Å². The van der Waals surface area contributed by atoms with Crippen molar-refractivity contribution in [1.82, 2.24) is 5.32 Å². The van der Waals surface area contributed by atoms with Crippen LogP contribution in [-0.4, -0.2) is 6.54 Å². The minimum atomic E-state index is 0.598. The lowest BCUT2D eigenvalue weighted by Crippen LogP contribution is -2.20. The summed E-state index contributed by atoms with van der Waals surface area (Å²) in [6.45, 7) is 6.95. The van der Waals surface area contributed by atoms with Crippen LogP contribution in [-0.2, 0) is 13.2 Å². The molecule has 0 bridgehead atoms. The van der Waals surface area contributed by atoms with Gasteiger partial charge in [-0.05, 0) is 47.9 Å². The van der Waals surface area contributed by atoms with Crippen LogP contribution in [0.25, 0.3) is 0 Å². The molecule has 3 heteroatoms. The zero-order valence-electron chi connectivity index (χ0n) is 12.6. The van der Waals surface area contributed by atoms with Crippen molar-refractivity contribution in [2.24, 2.45) is 5.92 Å². The molecule has 2 nitrogen and oxygen atoms in total. The van der Waals surface area contributed by atoms with Crippen molar-refractivity contribution in [3.63, 3.8) is 0 Å². The Morgan fingerprint density at radius 3 is 2.33 bits per heavy atom. The van der Waals surface area contributed by atoms with E-state index in [0.717, 1.165) is 23.3 Å². The smallest absolute Gasteiger partial charge is 0.119 e. The van der Waals surface area contributed by atoms with E-state index in [1.54, 1.807) is 0 Å². The van der Waals surface area contributed by atoms with E-state index in [2.05, 4.69) is 59.4 Å². The molecular weight excluding hydrogens is 326 g/mol. The molecule has 2 aromatic rings. The summed E-state index contributed by atoms with van der Waals surface area (Å²) in [4.78, 5) is 0. The summed E-state index contributed by atoms with van der Waals surface area (Å²) < 4.78 is 6.93. The van der Waals surface area contributed by atoms with Gasteiger partial charge in [0.05, 0.1) is 0 Å². The molecule has 0 aliphatic heterocycles.